The van der Waals surface area contributed by atoms with Gasteiger partial charge < -0.3 is 0 Å². The van der Waals surface area contributed by atoms with E-state index < -0.39 is 0 Å². The van der Waals surface area contributed by atoms with Crippen LogP contribution < -0.4 is 0 Å². The third-order valence-electron chi connectivity index (χ3n) is 1.17. The Labute approximate surface area is 70.0 Å². The first kappa shape index (κ1) is 8.27. The number of nitrogens with zero attached hydrogens (tertiary/aromatic N) is 1. The molecule has 0 aliphatic carbocycles. The summed E-state index contributed by atoms with van der Waals surface area (Å²) in [6.07, 6.45) is 3.25. The Morgan fingerprint density at radius 3 is 3.09 bits per heavy atom. The zero-order valence-corrected chi connectivity index (χ0v) is 7.10. The lowest BCUT2D eigenvalue weighted by atomic mass is 10.3. The highest BCUT2D eigenvalue weighted by Gasteiger charge is 2.02. The Hall–Kier alpha value is -0.830. The van der Waals surface area contributed by atoms with Crippen molar-refractivity contribution in [3.05, 3.63) is 30.1 Å². The smallest absolute Gasteiger partial charge is 0.220 e. The molecule has 1 aromatic heterocycles. The zero-order chi connectivity index (χ0) is 8.10. The van der Waals surface area contributed by atoms with Crippen molar-refractivity contribution < 1.29 is 4.79 Å². The van der Waals surface area contributed by atoms with E-state index in [-0.39, 0.29) is 5.12 Å². The van der Waals surface area contributed by atoms with Gasteiger partial charge in [0, 0.05) is 18.0 Å². The van der Waals surface area contributed by atoms with E-state index in [1.165, 1.54) is 11.8 Å². The second-order valence-electron chi connectivity index (χ2n) is 1.96. The lowest BCUT2D eigenvalue weighted by Gasteiger charge is -1.94. The molecule has 0 atom stereocenters. The van der Waals surface area contributed by atoms with Crippen molar-refractivity contribution in [1.29, 1.82) is 0 Å². The highest BCUT2D eigenvalue weighted by Crippen LogP contribution is 2.09. The van der Waals surface area contributed by atoms with Gasteiger partial charge in [0.05, 0.1) is 0 Å². The maximum absolute atomic E-state index is 11.2. The number of aromatic nitrogens is 1. The summed E-state index contributed by atoms with van der Waals surface area (Å²) in [5.41, 5.74) is 0.680. The van der Waals surface area contributed by atoms with Crippen LogP contribution in [0, 0.1) is 0 Å². The van der Waals surface area contributed by atoms with Gasteiger partial charge >= 0.3 is 0 Å². The fourth-order valence-corrected chi connectivity index (χ4v) is 1.25. The number of thioether (sulfide) groups is 1. The van der Waals surface area contributed by atoms with E-state index in [0.29, 0.717) is 5.56 Å². The summed E-state index contributed by atoms with van der Waals surface area (Å²) < 4.78 is 0. The summed E-state index contributed by atoms with van der Waals surface area (Å²) in [5, 5.41) is 0.0978. The predicted molar refractivity (Wildman–Crippen MR) is 46.7 cm³/mol. The average molecular weight is 167 g/mol. The summed E-state index contributed by atoms with van der Waals surface area (Å²) in [5.74, 6) is 0.813. The monoisotopic (exact) mass is 167 g/mol. The fraction of sp³-hybridized carbons (Fsp3) is 0.250. The van der Waals surface area contributed by atoms with E-state index in [1.54, 1.807) is 24.5 Å². The third kappa shape index (κ3) is 2.35. The van der Waals surface area contributed by atoms with Crippen LogP contribution in [0.2, 0.25) is 0 Å². The van der Waals surface area contributed by atoms with E-state index >= 15 is 0 Å². The van der Waals surface area contributed by atoms with Crippen LogP contribution in [0.5, 0.6) is 0 Å². The lowest BCUT2D eigenvalue weighted by molar-refractivity contribution is 0.108. The summed E-state index contributed by atoms with van der Waals surface area (Å²) >= 11 is 1.31. The molecule has 0 aromatic carbocycles. The highest BCUT2D eigenvalue weighted by molar-refractivity contribution is 8.14. The number of carbonyl (C=O) groups excluding carboxylic acids is 1. The fourth-order valence-electron chi connectivity index (χ4n) is 0.698. The van der Waals surface area contributed by atoms with Gasteiger partial charge in [-0.2, -0.15) is 0 Å². The zero-order valence-electron chi connectivity index (χ0n) is 6.28. The number of pyridine rings is 1. The molecule has 0 saturated carbocycles. The first-order valence-electron chi connectivity index (χ1n) is 3.41. The molecule has 58 valence electrons. The molecule has 0 radical (unpaired) electrons. The van der Waals surface area contributed by atoms with Crippen molar-refractivity contribution >= 4 is 16.9 Å². The molecule has 0 fully saturated rings. The Balaban J connectivity index is 2.69. The summed E-state index contributed by atoms with van der Waals surface area (Å²) in [6.45, 7) is 1.96. The summed E-state index contributed by atoms with van der Waals surface area (Å²) in [7, 11) is 0. The molecule has 1 rings (SSSR count). The topological polar surface area (TPSA) is 30.0 Å². The van der Waals surface area contributed by atoms with Crippen LogP contribution in [-0.4, -0.2) is 15.9 Å². The summed E-state index contributed by atoms with van der Waals surface area (Å²) in [4.78, 5) is 15.0. The molecule has 1 heterocycles. The average Bonchev–Trinajstić information content (AvgIpc) is 2.07. The molecule has 0 bridgehead atoms. The van der Waals surface area contributed by atoms with Crippen LogP contribution in [0.1, 0.15) is 17.3 Å². The molecule has 3 heteroatoms. The first-order valence-corrected chi connectivity index (χ1v) is 4.40. The molecule has 0 saturated heterocycles. The molecule has 0 aliphatic heterocycles. The molecule has 2 nitrogen and oxygen atoms in total. The van der Waals surface area contributed by atoms with Crippen LogP contribution in [0.25, 0.3) is 0 Å². The van der Waals surface area contributed by atoms with Gasteiger partial charge in [0.15, 0.2) is 0 Å². The minimum Gasteiger partial charge on any atom is -0.282 e. The highest BCUT2D eigenvalue weighted by atomic mass is 32.2. The van der Waals surface area contributed by atoms with Crippen LogP contribution in [0.15, 0.2) is 24.5 Å². The van der Waals surface area contributed by atoms with Gasteiger partial charge in [0.2, 0.25) is 5.12 Å². The van der Waals surface area contributed by atoms with Crippen LogP contribution in [-0.2, 0) is 0 Å². The van der Waals surface area contributed by atoms with Gasteiger partial charge in [-0.3, -0.25) is 9.78 Å². The normalized spacial score (nSPS) is 9.55. The van der Waals surface area contributed by atoms with Crippen LogP contribution in [0.4, 0.5) is 0 Å². The van der Waals surface area contributed by atoms with Crippen molar-refractivity contribution in [3.63, 3.8) is 0 Å². The van der Waals surface area contributed by atoms with E-state index in [0.717, 1.165) is 5.75 Å². The van der Waals surface area contributed by atoms with Gasteiger partial charge in [0.1, 0.15) is 0 Å². The van der Waals surface area contributed by atoms with E-state index in [4.69, 9.17) is 0 Å². The lowest BCUT2D eigenvalue weighted by Crippen LogP contribution is -1.93. The minimum atomic E-state index is 0.0978. The Morgan fingerprint density at radius 1 is 1.73 bits per heavy atom. The predicted octanol–water partition coefficient (Wildman–Crippen LogP) is 1.97. The molecule has 0 unspecified atom stereocenters. The van der Waals surface area contributed by atoms with Crippen LogP contribution >= 0.6 is 11.8 Å². The van der Waals surface area contributed by atoms with E-state index in [1.807, 2.05) is 6.92 Å². The van der Waals surface area contributed by atoms with Crippen molar-refractivity contribution in [1.82, 2.24) is 4.98 Å². The minimum absolute atomic E-state index is 0.0978. The molecule has 0 spiro atoms. The summed E-state index contributed by atoms with van der Waals surface area (Å²) in [6, 6.07) is 3.54. The van der Waals surface area contributed by atoms with Crippen molar-refractivity contribution in [3.8, 4) is 0 Å². The Bertz CT molecular complexity index is 235. The number of rotatable bonds is 2. The van der Waals surface area contributed by atoms with Gasteiger partial charge in [-0.1, -0.05) is 18.7 Å². The molecule has 1 aromatic rings. The Morgan fingerprint density at radius 2 is 2.55 bits per heavy atom. The van der Waals surface area contributed by atoms with Gasteiger partial charge in [-0.15, -0.1) is 0 Å². The van der Waals surface area contributed by atoms with Crippen LogP contribution in [0.3, 0.4) is 0 Å². The molecular formula is C8H9NOS. The third-order valence-corrected chi connectivity index (χ3v) is 1.96. The number of hydrogen-bond acceptors (Lipinski definition) is 3. The molecule has 0 aliphatic rings. The van der Waals surface area contributed by atoms with E-state index in [9.17, 15) is 4.79 Å². The molecule has 0 N–H and O–H groups in total. The number of carbonyl (C=O) groups is 1. The maximum atomic E-state index is 11.2. The van der Waals surface area contributed by atoms with Crippen molar-refractivity contribution in [2.45, 2.75) is 6.92 Å². The molecular weight excluding hydrogens is 158 g/mol. The molecule has 11 heavy (non-hydrogen) atoms. The van der Waals surface area contributed by atoms with Crippen molar-refractivity contribution in [2.75, 3.05) is 5.75 Å². The quantitative estimate of drug-likeness (QED) is 0.674. The second-order valence-corrected chi connectivity index (χ2v) is 3.20. The van der Waals surface area contributed by atoms with E-state index in [2.05, 4.69) is 4.98 Å². The number of hydrogen-bond donors (Lipinski definition) is 0. The van der Waals surface area contributed by atoms with Gasteiger partial charge in [-0.25, -0.2) is 0 Å². The first-order chi connectivity index (χ1) is 5.34. The SMILES string of the molecule is CCSC(=O)c1cccnc1. The Kier molecular flexibility index (Phi) is 3.11. The van der Waals surface area contributed by atoms with Gasteiger partial charge in [0.25, 0.3) is 0 Å². The standard InChI is InChI=1S/C8H9NOS/c1-2-11-8(10)7-4-3-5-9-6-7/h3-6H,2H2,1H3. The maximum Gasteiger partial charge on any atom is 0.220 e. The van der Waals surface area contributed by atoms with Crippen molar-refractivity contribution in [2.24, 2.45) is 0 Å². The van der Waals surface area contributed by atoms with Gasteiger partial charge in [-0.05, 0) is 17.9 Å². The largest absolute Gasteiger partial charge is 0.282 e. The second kappa shape index (κ2) is 4.13. The molecule has 0 amide bonds.